The second-order valence-electron chi connectivity index (χ2n) is 8.09. The van der Waals surface area contributed by atoms with Crippen molar-refractivity contribution in [1.82, 2.24) is 24.5 Å². The highest BCUT2D eigenvalue weighted by Crippen LogP contribution is 2.48. The van der Waals surface area contributed by atoms with Crippen LogP contribution >= 0.6 is 0 Å². The Hall–Kier alpha value is -3.69. The molecule has 0 spiro atoms. The topological polar surface area (TPSA) is 74.8 Å². The first-order valence-corrected chi connectivity index (χ1v) is 10.00. The van der Waals surface area contributed by atoms with E-state index in [0.717, 1.165) is 19.4 Å². The van der Waals surface area contributed by atoms with Gasteiger partial charge in [0.15, 0.2) is 0 Å². The van der Waals surface area contributed by atoms with Crippen LogP contribution in [0.15, 0.2) is 66.0 Å². The zero-order valence-corrected chi connectivity index (χ0v) is 16.8. The molecular weight excluding hydrogens is 423 g/mol. The van der Waals surface area contributed by atoms with Crippen LogP contribution in [0.3, 0.4) is 0 Å². The molecule has 7 nitrogen and oxygen atoms in total. The first-order valence-electron chi connectivity index (χ1n) is 10.00. The summed E-state index contributed by atoms with van der Waals surface area (Å²) in [7, 11) is 0. The van der Waals surface area contributed by atoms with Gasteiger partial charge in [-0.25, -0.2) is 9.67 Å². The zero-order valence-electron chi connectivity index (χ0n) is 16.8. The Kier molecular flexibility index (Phi) is 4.72. The highest BCUT2D eigenvalue weighted by molar-refractivity contribution is 5.83. The molecule has 0 radical (unpaired) electrons. The van der Waals surface area contributed by atoms with E-state index in [2.05, 4.69) is 20.0 Å². The van der Waals surface area contributed by atoms with Crippen LogP contribution in [0.4, 0.5) is 13.2 Å². The second-order valence-corrected chi connectivity index (χ2v) is 8.09. The molecule has 0 saturated heterocycles. The number of hydrogen-bond donors (Lipinski definition) is 0. The van der Waals surface area contributed by atoms with E-state index in [9.17, 15) is 18.0 Å². The lowest BCUT2D eigenvalue weighted by Gasteiger charge is -2.16. The van der Waals surface area contributed by atoms with E-state index in [4.69, 9.17) is 0 Å². The Morgan fingerprint density at radius 3 is 2.44 bits per heavy atom. The van der Waals surface area contributed by atoms with Crippen molar-refractivity contribution >= 4 is 10.9 Å². The van der Waals surface area contributed by atoms with Crippen molar-refractivity contribution < 1.29 is 17.9 Å². The summed E-state index contributed by atoms with van der Waals surface area (Å²) < 4.78 is 44.4. The normalized spacial score (nSPS) is 15.1. The number of imidazole rings is 1. The molecule has 0 unspecified atom stereocenters. The Labute approximate surface area is 180 Å². The third-order valence-electron chi connectivity index (χ3n) is 5.66. The lowest BCUT2D eigenvalue weighted by Crippen LogP contribution is -2.30. The molecule has 32 heavy (non-hydrogen) atoms. The minimum atomic E-state index is -4.75. The maximum absolute atomic E-state index is 13.1. The van der Waals surface area contributed by atoms with Crippen molar-refractivity contribution in [1.29, 1.82) is 0 Å². The van der Waals surface area contributed by atoms with E-state index in [-0.39, 0.29) is 16.7 Å². The zero-order chi connectivity index (χ0) is 22.3. The number of fused-ring (bicyclic) bond motifs is 1. The highest BCUT2D eigenvalue weighted by atomic mass is 19.4. The van der Waals surface area contributed by atoms with Gasteiger partial charge in [0.2, 0.25) is 0 Å². The van der Waals surface area contributed by atoms with Crippen molar-refractivity contribution in [3.05, 3.63) is 71.5 Å². The molecule has 0 N–H and O–H groups in total. The van der Waals surface area contributed by atoms with Gasteiger partial charge >= 0.3 is 6.36 Å². The molecule has 2 heterocycles. The third kappa shape index (κ3) is 4.20. The first-order chi connectivity index (χ1) is 15.3. The Balaban J connectivity index is 1.42. The third-order valence-corrected chi connectivity index (χ3v) is 5.66. The van der Waals surface area contributed by atoms with Gasteiger partial charge in [0, 0.05) is 24.4 Å². The van der Waals surface area contributed by atoms with Gasteiger partial charge in [-0.15, -0.1) is 18.3 Å². The molecule has 1 aliphatic carbocycles. The van der Waals surface area contributed by atoms with Gasteiger partial charge in [0.05, 0.1) is 18.3 Å². The summed E-state index contributed by atoms with van der Waals surface area (Å²) in [5.74, 6) is -0.303. The van der Waals surface area contributed by atoms with E-state index in [1.165, 1.54) is 28.9 Å². The molecule has 0 bridgehead atoms. The van der Waals surface area contributed by atoms with E-state index < -0.39 is 6.36 Å². The van der Waals surface area contributed by atoms with Crippen molar-refractivity contribution in [2.75, 3.05) is 0 Å². The predicted octanol–water partition coefficient (Wildman–Crippen LogP) is 4.03. The number of aromatic nitrogens is 5. The standard InChI is InChI=1S/C22H18F3N5O2/c23-22(24,25)32-17-4-1-15(2-5-17)16-3-6-19-18(11-16)20(31)30(28-27-19)13-21(7-8-21)12-29-10-9-26-14-29/h1-6,9-11,14H,7-8,12-13H2. The van der Waals surface area contributed by atoms with Crippen LogP contribution in [0.5, 0.6) is 5.75 Å². The van der Waals surface area contributed by atoms with Gasteiger partial charge < -0.3 is 9.30 Å². The SMILES string of the molecule is O=c1c2cc(-c3ccc(OC(F)(F)F)cc3)ccc2nnn1CC1(Cn2ccnc2)CC1. The largest absolute Gasteiger partial charge is 0.573 e. The van der Waals surface area contributed by atoms with Crippen molar-refractivity contribution in [3.8, 4) is 16.9 Å². The fraction of sp³-hybridized carbons (Fsp3) is 0.273. The van der Waals surface area contributed by atoms with Gasteiger partial charge in [-0.3, -0.25) is 4.79 Å². The average Bonchev–Trinajstić information content (AvgIpc) is 3.30. The van der Waals surface area contributed by atoms with Crippen LogP contribution in [0, 0.1) is 5.41 Å². The highest BCUT2D eigenvalue weighted by Gasteiger charge is 2.44. The summed E-state index contributed by atoms with van der Waals surface area (Å²) in [6.07, 6.45) is 2.61. The summed E-state index contributed by atoms with van der Waals surface area (Å²) in [6, 6.07) is 10.6. The summed E-state index contributed by atoms with van der Waals surface area (Å²) in [5, 5.41) is 8.71. The molecule has 4 aromatic rings. The fourth-order valence-corrected chi connectivity index (χ4v) is 3.84. The molecule has 2 aromatic carbocycles. The lowest BCUT2D eigenvalue weighted by molar-refractivity contribution is -0.274. The van der Waals surface area contributed by atoms with E-state index in [1.807, 2.05) is 10.8 Å². The Morgan fingerprint density at radius 1 is 1.03 bits per heavy atom. The number of rotatable bonds is 6. The van der Waals surface area contributed by atoms with Crippen LogP contribution in [0.25, 0.3) is 22.0 Å². The molecule has 1 fully saturated rings. The van der Waals surface area contributed by atoms with Gasteiger partial charge in [0.1, 0.15) is 11.3 Å². The lowest BCUT2D eigenvalue weighted by atomic mass is 10.0. The average molecular weight is 441 g/mol. The summed E-state index contributed by atoms with van der Waals surface area (Å²) in [5.41, 5.74) is 1.52. The van der Waals surface area contributed by atoms with Crippen LogP contribution in [-0.2, 0) is 13.1 Å². The van der Waals surface area contributed by atoms with Crippen LogP contribution in [0.1, 0.15) is 12.8 Å². The molecule has 0 atom stereocenters. The predicted molar refractivity (Wildman–Crippen MR) is 110 cm³/mol. The molecule has 0 amide bonds. The van der Waals surface area contributed by atoms with Crippen LogP contribution < -0.4 is 10.3 Å². The van der Waals surface area contributed by atoms with Gasteiger partial charge in [-0.2, -0.15) is 0 Å². The monoisotopic (exact) mass is 441 g/mol. The van der Waals surface area contributed by atoms with E-state index in [0.29, 0.717) is 28.6 Å². The van der Waals surface area contributed by atoms with E-state index >= 15 is 0 Å². The quantitative estimate of drug-likeness (QED) is 0.452. The summed E-state index contributed by atoms with van der Waals surface area (Å²) in [4.78, 5) is 17.2. The Bertz CT molecular complexity index is 1310. The maximum atomic E-state index is 13.1. The maximum Gasteiger partial charge on any atom is 0.573 e. The number of nitrogens with zero attached hydrogens (tertiary/aromatic N) is 5. The fourth-order valence-electron chi connectivity index (χ4n) is 3.84. The second kappa shape index (κ2) is 7.47. The minimum absolute atomic E-state index is 0.0428. The molecule has 10 heteroatoms. The molecule has 5 rings (SSSR count). The molecule has 1 saturated carbocycles. The van der Waals surface area contributed by atoms with Crippen LogP contribution in [-0.4, -0.2) is 30.9 Å². The van der Waals surface area contributed by atoms with Gasteiger partial charge in [-0.05, 0) is 48.2 Å². The van der Waals surface area contributed by atoms with Gasteiger partial charge in [0.25, 0.3) is 5.56 Å². The summed E-state index contributed by atoms with van der Waals surface area (Å²) in [6.45, 7) is 1.21. The number of halogens is 3. The smallest absolute Gasteiger partial charge is 0.406 e. The van der Waals surface area contributed by atoms with Crippen molar-refractivity contribution in [2.45, 2.75) is 32.3 Å². The summed E-state index contributed by atoms with van der Waals surface area (Å²) >= 11 is 0. The molecule has 164 valence electrons. The number of benzene rings is 2. The molecular formula is C22H18F3N5O2. The molecule has 2 aromatic heterocycles. The van der Waals surface area contributed by atoms with Crippen molar-refractivity contribution in [3.63, 3.8) is 0 Å². The Morgan fingerprint density at radius 2 is 1.78 bits per heavy atom. The van der Waals surface area contributed by atoms with E-state index in [1.54, 1.807) is 30.7 Å². The van der Waals surface area contributed by atoms with Gasteiger partial charge in [-0.1, -0.05) is 23.4 Å². The number of alkyl halides is 3. The molecule has 1 aliphatic rings. The number of ether oxygens (including phenoxy) is 1. The molecule has 0 aliphatic heterocycles. The first kappa shape index (κ1) is 20.2. The minimum Gasteiger partial charge on any atom is -0.406 e. The van der Waals surface area contributed by atoms with Crippen molar-refractivity contribution in [2.24, 2.45) is 5.41 Å². The van der Waals surface area contributed by atoms with Crippen LogP contribution in [0.2, 0.25) is 0 Å². The number of hydrogen-bond acceptors (Lipinski definition) is 5.